The second-order valence-electron chi connectivity index (χ2n) is 6.29. The lowest BCUT2D eigenvalue weighted by Gasteiger charge is -2.37. The Hall–Kier alpha value is -0.280. The number of hydrogen-bond acceptors (Lipinski definition) is 3. The van der Waals surface area contributed by atoms with E-state index in [4.69, 9.17) is 43.4 Å². The van der Waals surface area contributed by atoms with E-state index in [2.05, 4.69) is 4.90 Å². The summed E-state index contributed by atoms with van der Waals surface area (Å²) in [5.41, 5.74) is 7.12. The van der Waals surface area contributed by atoms with Crippen LogP contribution in [0.25, 0.3) is 0 Å². The molecule has 0 bridgehead atoms. The lowest BCUT2D eigenvalue weighted by molar-refractivity contribution is 0.0525. The molecule has 1 aromatic rings. The molecule has 2 saturated heterocycles. The molecule has 0 amide bonds. The van der Waals surface area contributed by atoms with Crippen molar-refractivity contribution in [3.8, 4) is 0 Å². The van der Waals surface area contributed by atoms with Gasteiger partial charge < -0.3 is 20.1 Å². The van der Waals surface area contributed by atoms with Gasteiger partial charge in [-0.1, -0.05) is 29.3 Å². The van der Waals surface area contributed by atoms with Crippen molar-refractivity contribution in [1.82, 2.24) is 4.90 Å². The number of hydrogen-bond donors (Lipinski definition) is 1. The molecule has 0 saturated carbocycles. The first-order chi connectivity index (χ1) is 11.6. The minimum absolute atomic E-state index is 0. The van der Waals surface area contributed by atoms with Gasteiger partial charge >= 0.3 is 0 Å². The smallest absolute Gasteiger partial charge is 0.191 e. The van der Waals surface area contributed by atoms with Gasteiger partial charge in [0.15, 0.2) is 5.96 Å². The maximum absolute atomic E-state index is 6.48. The van der Waals surface area contributed by atoms with Crippen molar-refractivity contribution in [1.29, 1.82) is 0 Å². The van der Waals surface area contributed by atoms with Crippen LogP contribution in [-0.2, 0) is 14.9 Å². The molecule has 1 aromatic carbocycles. The van der Waals surface area contributed by atoms with E-state index in [9.17, 15) is 0 Å². The van der Waals surface area contributed by atoms with Crippen LogP contribution in [0.3, 0.4) is 0 Å². The predicted molar refractivity (Wildman–Crippen MR) is 112 cm³/mol. The molecule has 8 heteroatoms. The molecular formula is C17H24Cl2IN3O2. The van der Waals surface area contributed by atoms with Gasteiger partial charge in [-0.05, 0) is 30.5 Å². The Kier molecular flexibility index (Phi) is 8.07. The van der Waals surface area contributed by atoms with E-state index in [0.29, 0.717) is 49.0 Å². The molecule has 2 heterocycles. The fraction of sp³-hybridized carbons (Fsp3) is 0.588. The van der Waals surface area contributed by atoms with Crippen LogP contribution < -0.4 is 5.73 Å². The molecule has 0 aromatic heterocycles. The number of aliphatic imine (C=N–C) groups is 1. The number of morpholine rings is 1. The summed E-state index contributed by atoms with van der Waals surface area (Å²) < 4.78 is 10.9. The Morgan fingerprint density at radius 3 is 2.40 bits per heavy atom. The molecule has 2 aliphatic heterocycles. The second-order valence-corrected chi connectivity index (χ2v) is 7.13. The van der Waals surface area contributed by atoms with Gasteiger partial charge in [0, 0.05) is 41.8 Å². The fourth-order valence-corrected chi connectivity index (χ4v) is 3.93. The highest BCUT2D eigenvalue weighted by atomic mass is 127. The summed E-state index contributed by atoms with van der Waals surface area (Å²) >= 11 is 12.5. The summed E-state index contributed by atoms with van der Waals surface area (Å²) in [5, 5.41) is 1.33. The van der Waals surface area contributed by atoms with Gasteiger partial charge in [-0.2, -0.15) is 0 Å². The minimum atomic E-state index is -0.156. The SMILES string of the molecule is I.NC(=NCC1(c2ccc(Cl)cc2Cl)CCOCC1)N1CCOCC1. The zero-order chi connectivity index (χ0) is 17.0. The summed E-state index contributed by atoms with van der Waals surface area (Å²) in [4.78, 5) is 6.77. The highest BCUT2D eigenvalue weighted by Gasteiger charge is 2.36. The molecule has 2 aliphatic rings. The topological polar surface area (TPSA) is 60.1 Å². The van der Waals surface area contributed by atoms with Crippen LogP contribution in [0.5, 0.6) is 0 Å². The van der Waals surface area contributed by atoms with Gasteiger partial charge in [0.25, 0.3) is 0 Å². The molecule has 0 atom stereocenters. The quantitative estimate of drug-likeness (QED) is 0.394. The van der Waals surface area contributed by atoms with Crippen molar-refractivity contribution in [2.45, 2.75) is 18.3 Å². The summed E-state index contributed by atoms with van der Waals surface area (Å²) in [6.07, 6.45) is 1.74. The first-order valence-electron chi connectivity index (χ1n) is 8.27. The molecule has 0 radical (unpaired) electrons. The average Bonchev–Trinajstić information content (AvgIpc) is 2.61. The van der Waals surface area contributed by atoms with Crippen LogP contribution in [0.4, 0.5) is 0 Å². The van der Waals surface area contributed by atoms with Crippen molar-refractivity contribution in [2.24, 2.45) is 10.7 Å². The van der Waals surface area contributed by atoms with Crippen LogP contribution in [-0.4, -0.2) is 56.9 Å². The molecule has 140 valence electrons. The van der Waals surface area contributed by atoms with Crippen molar-refractivity contribution >= 4 is 53.1 Å². The van der Waals surface area contributed by atoms with Gasteiger partial charge in [0.2, 0.25) is 0 Å². The number of rotatable bonds is 3. The second kappa shape index (κ2) is 9.60. The lowest BCUT2D eigenvalue weighted by Crippen LogP contribution is -2.46. The van der Waals surface area contributed by atoms with E-state index < -0.39 is 0 Å². The van der Waals surface area contributed by atoms with E-state index >= 15 is 0 Å². The monoisotopic (exact) mass is 499 g/mol. The highest BCUT2D eigenvalue weighted by Crippen LogP contribution is 2.40. The molecule has 3 rings (SSSR count). The summed E-state index contributed by atoms with van der Waals surface area (Å²) in [7, 11) is 0. The normalized spacial score (nSPS) is 20.9. The molecule has 2 N–H and O–H groups in total. The molecule has 25 heavy (non-hydrogen) atoms. The third-order valence-electron chi connectivity index (χ3n) is 4.83. The number of ether oxygens (including phenoxy) is 2. The molecule has 2 fully saturated rings. The summed E-state index contributed by atoms with van der Waals surface area (Å²) in [5.74, 6) is 0.578. The summed E-state index contributed by atoms with van der Waals surface area (Å²) in [6.45, 7) is 4.95. The van der Waals surface area contributed by atoms with Crippen LogP contribution in [0.15, 0.2) is 23.2 Å². The Morgan fingerprint density at radius 2 is 1.76 bits per heavy atom. The van der Waals surface area contributed by atoms with E-state index in [1.54, 1.807) is 6.07 Å². The van der Waals surface area contributed by atoms with Gasteiger partial charge in [-0.15, -0.1) is 24.0 Å². The molecule has 0 unspecified atom stereocenters. The number of guanidine groups is 1. The molecule has 0 spiro atoms. The van der Waals surface area contributed by atoms with Crippen molar-refractivity contribution in [2.75, 3.05) is 46.1 Å². The van der Waals surface area contributed by atoms with Crippen LogP contribution in [0.1, 0.15) is 18.4 Å². The largest absolute Gasteiger partial charge is 0.381 e. The molecule has 0 aliphatic carbocycles. The van der Waals surface area contributed by atoms with Crippen molar-refractivity contribution in [3.05, 3.63) is 33.8 Å². The van der Waals surface area contributed by atoms with E-state index in [-0.39, 0.29) is 29.4 Å². The number of nitrogens with zero attached hydrogens (tertiary/aromatic N) is 2. The Labute approximate surface area is 175 Å². The van der Waals surface area contributed by atoms with E-state index in [1.807, 2.05) is 12.1 Å². The van der Waals surface area contributed by atoms with Gasteiger partial charge in [-0.25, -0.2) is 0 Å². The fourth-order valence-electron chi connectivity index (χ4n) is 3.32. The van der Waals surface area contributed by atoms with E-state index in [1.165, 1.54) is 0 Å². The highest BCUT2D eigenvalue weighted by molar-refractivity contribution is 14.0. The van der Waals surface area contributed by atoms with Crippen LogP contribution in [0, 0.1) is 0 Å². The van der Waals surface area contributed by atoms with Crippen LogP contribution in [0.2, 0.25) is 10.0 Å². The lowest BCUT2D eigenvalue weighted by atomic mass is 9.74. The molecule has 5 nitrogen and oxygen atoms in total. The first-order valence-corrected chi connectivity index (χ1v) is 9.02. The third-order valence-corrected chi connectivity index (χ3v) is 5.38. The zero-order valence-corrected chi connectivity index (χ0v) is 17.9. The van der Waals surface area contributed by atoms with Crippen molar-refractivity contribution in [3.63, 3.8) is 0 Å². The first kappa shape index (κ1) is 21.0. The number of halogens is 3. The van der Waals surface area contributed by atoms with E-state index in [0.717, 1.165) is 31.5 Å². The van der Waals surface area contributed by atoms with Gasteiger partial charge in [-0.3, -0.25) is 4.99 Å². The Bertz CT molecular complexity index is 604. The summed E-state index contributed by atoms with van der Waals surface area (Å²) in [6, 6.07) is 5.69. The average molecular weight is 500 g/mol. The zero-order valence-electron chi connectivity index (χ0n) is 14.0. The van der Waals surface area contributed by atoms with Crippen LogP contribution >= 0.6 is 47.2 Å². The van der Waals surface area contributed by atoms with Gasteiger partial charge in [0.05, 0.1) is 19.8 Å². The minimum Gasteiger partial charge on any atom is -0.381 e. The maximum Gasteiger partial charge on any atom is 0.191 e. The third kappa shape index (κ3) is 5.13. The van der Waals surface area contributed by atoms with Crippen molar-refractivity contribution < 1.29 is 9.47 Å². The number of nitrogens with two attached hydrogens (primary N) is 1. The Balaban J connectivity index is 0.00000225. The van der Waals surface area contributed by atoms with Gasteiger partial charge in [0.1, 0.15) is 0 Å². The standard InChI is InChI=1S/C17H23Cl2N3O2.HI/c18-13-1-2-14(15(19)11-13)17(3-7-23-8-4-17)12-21-16(20)22-5-9-24-10-6-22;/h1-2,11H,3-10,12H2,(H2,20,21);1H. The Morgan fingerprint density at radius 1 is 1.12 bits per heavy atom. The molecular weight excluding hydrogens is 476 g/mol. The maximum atomic E-state index is 6.48. The number of benzene rings is 1. The predicted octanol–water partition coefficient (Wildman–Crippen LogP) is 3.31.